The van der Waals surface area contributed by atoms with Crippen LogP contribution in [0.3, 0.4) is 0 Å². The second kappa shape index (κ2) is 5.53. The second-order valence-corrected chi connectivity index (χ2v) is 4.01. The Bertz CT molecular complexity index is 378. The van der Waals surface area contributed by atoms with Gasteiger partial charge >= 0.3 is 0 Å². The molecule has 84 valence electrons. The molecule has 1 fully saturated rings. The Balaban J connectivity index is 1.86. The van der Waals surface area contributed by atoms with Crippen LogP contribution in [0.25, 0.3) is 0 Å². The van der Waals surface area contributed by atoms with E-state index in [1.807, 2.05) is 12.1 Å². The molecule has 0 unspecified atom stereocenters. The molecule has 0 N–H and O–H groups in total. The van der Waals surface area contributed by atoms with E-state index >= 15 is 0 Å². The molecular weight excluding hydrogens is 202 g/mol. The van der Waals surface area contributed by atoms with Crippen LogP contribution in [0.1, 0.15) is 18.4 Å². The Morgan fingerprint density at radius 3 is 2.94 bits per heavy atom. The van der Waals surface area contributed by atoms with Crippen LogP contribution in [0.2, 0.25) is 0 Å². The topological polar surface area (TPSA) is 42.2 Å². The van der Waals surface area contributed by atoms with Crippen molar-refractivity contribution in [3.8, 4) is 11.8 Å². The summed E-state index contributed by atoms with van der Waals surface area (Å²) in [6, 6.07) is 9.40. The molecule has 0 atom stereocenters. The monoisotopic (exact) mass is 217 g/mol. The summed E-state index contributed by atoms with van der Waals surface area (Å²) >= 11 is 0. The lowest BCUT2D eigenvalue weighted by Crippen LogP contribution is -2.21. The summed E-state index contributed by atoms with van der Waals surface area (Å²) in [5.74, 6) is 1.37. The zero-order chi connectivity index (χ0) is 11.2. The van der Waals surface area contributed by atoms with Gasteiger partial charge in [0.05, 0.1) is 18.2 Å². The van der Waals surface area contributed by atoms with E-state index in [2.05, 4.69) is 6.07 Å². The molecule has 1 aliphatic rings. The lowest BCUT2D eigenvalue weighted by atomic mass is 10.0. The van der Waals surface area contributed by atoms with Crippen molar-refractivity contribution in [2.24, 2.45) is 5.92 Å². The average Bonchev–Trinajstić information content (AvgIpc) is 2.38. The van der Waals surface area contributed by atoms with Crippen LogP contribution < -0.4 is 4.74 Å². The maximum absolute atomic E-state index is 8.76. The minimum absolute atomic E-state index is 0.583. The third kappa shape index (κ3) is 2.98. The first-order valence-corrected chi connectivity index (χ1v) is 5.59. The first-order chi connectivity index (χ1) is 7.88. The van der Waals surface area contributed by atoms with Crippen molar-refractivity contribution in [2.45, 2.75) is 12.8 Å². The van der Waals surface area contributed by atoms with Gasteiger partial charge in [0.15, 0.2) is 0 Å². The standard InChI is InChI=1S/C13H15NO2/c14-9-12-2-1-3-13(8-12)16-10-11-4-6-15-7-5-11/h1-3,8,11H,4-7,10H2. The fourth-order valence-corrected chi connectivity index (χ4v) is 1.78. The van der Waals surface area contributed by atoms with Gasteiger partial charge in [-0.05, 0) is 37.0 Å². The van der Waals surface area contributed by atoms with Gasteiger partial charge in [-0.25, -0.2) is 0 Å². The van der Waals surface area contributed by atoms with Crippen molar-refractivity contribution < 1.29 is 9.47 Å². The summed E-state index contributed by atoms with van der Waals surface area (Å²) in [5.41, 5.74) is 0.643. The smallest absolute Gasteiger partial charge is 0.120 e. The minimum Gasteiger partial charge on any atom is -0.493 e. The molecule has 1 aliphatic heterocycles. The van der Waals surface area contributed by atoms with E-state index in [1.54, 1.807) is 12.1 Å². The van der Waals surface area contributed by atoms with Crippen LogP contribution in [-0.2, 0) is 4.74 Å². The predicted octanol–water partition coefficient (Wildman–Crippen LogP) is 2.36. The Labute approximate surface area is 95.6 Å². The van der Waals surface area contributed by atoms with Crippen molar-refractivity contribution in [1.82, 2.24) is 0 Å². The van der Waals surface area contributed by atoms with E-state index < -0.39 is 0 Å². The third-order valence-corrected chi connectivity index (χ3v) is 2.79. The highest BCUT2D eigenvalue weighted by molar-refractivity contribution is 5.36. The number of rotatable bonds is 3. The molecule has 2 rings (SSSR count). The SMILES string of the molecule is N#Cc1cccc(OCC2CCOCC2)c1. The highest BCUT2D eigenvalue weighted by Gasteiger charge is 2.14. The molecule has 3 heteroatoms. The molecule has 1 heterocycles. The molecule has 1 saturated heterocycles. The van der Waals surface area contributed by atoms with Gasteiger partial charge < -0.3 is 9.47 Å². The number of nitriles is 1. The van der Waals surface area contributed by atoms with Gasteiger partial charge in [-0.1, -0.05) is 6.07 Å². The molecule has 0 saturated carbocycles. The highest BCUT2D eigenvalue weighted by atomic mass is 16.5. The molecule has 0 radical (unpaired) electrons. The van der Waals surface area contributed by atoms with Crippen molar-refractivity contribution in [3.63, 3.8) is 0 Å². The van der Waals surface area contributed by atoms with E-state index in [1.165, 1.54) is 0 Å². The highest BCUT2D eigenvalue weighted by Crippen LogP contribution is 2.18. The number of hydrogen-bond acceptors (Lipinski definition) is 3. The maximum Gasteiger partial charge on any atom is 0.120 e. The average molecular weight is 217 g/mol. The van der Waals surface area contributed by atoms with Gasteiger partial charge in [0, 0.05) is 13.2 Å². The van der Waals surface area contributed by atoms with E-state index in [0.717, 1.165) is 38.4 Å². The van der Waals surface area contributed by atoms with Gasteiger partial charge in [-0.2, -0.15) is 5.26 Å². The van der Waals surface area contributed by atoms with Gasteiger partial charge in [-0.15, -0.1) is 0 Å². The van der Waals surface area contributed by atoms with Crippen molar-refractivity contribution in [1.29, 1.82) is 5.26 Å². The van der Waals surface area contributed by atoms with Crippen LogP contribution in [0.4, 0.5) is 0 Å². The molecule has 0 aromatic heterocycles. The number of benzene rings is 1. The molecule has 16 heavy (non-hydrogen) atoms. The first-order valence-electron chi connectivity index (χ1n) is 5.59. The molecular formula is C13H15NO2. The maximum atomic E-state index is 8.76. The number of nitrogens with zero attached hydrogens (tertiary/aromatic N) is 1. The fourth-order valence-electron chi connectivity index (χ4n) is 1.78. The summed E-state index contributed by atoms with van der Waals surface area (Å²) in [5, 5.41) is 8.76. The van der Waals surface area contributed by atoms with E-state index in [9.17, 15) is 0 Å². The summed E-state index contributed by atoms with van der Waals surface area (Å²) < 4.78 is 11.0. The van der Waals surface area contributed by atoms with Crippen LogP contribution in [0, 0.1) is 17.2 Å². The molecule has 1 aromatic rings. The summed E-state index contributed by atoms with van der Waals surface area (Å²) in [6.45, 7) is 2.40. The third-order valence-electron chi connectivity index (χ3n) is 2.79. The number of hydrogen-bond donors (Lipinski definition) is 0. The van der Waals surface area contributed by atoms with E-state index in [4.69, 9.17) is 14.7 Å². The fraction of sp³-hybridized carbons (Fsp3) is 0.462. The summed E-state index contributed by atoms with van der Waals surface area (Å²) in [4.78, 5) is 0. The van der Waals surface area contributed by atoms with Gasteiger partial charge in [0.1, 0.15) is 5.75 Å². The second-order valence-electron chi connectivity index (χ2n) is 4.01. The van der Waals surface area contributed by atoms with Crippen molar-refractivity contribution in [3.05, 3.63) is 29.8 Å². The molecule has 3 nitrogen and oxygen atoms in total. The Morgan fingerprint density at radius 2 is 2.19 bits per heavy atom. The normalized spacial score (nSPS) is 16.7. The molecule has 0 amide bonds. The van der Waals surface area contributed by atoms with Crippen molar-refractivity contribution in [2.75, 3.05) is 19.8 Å². The summed E-state index contributed by atoms with van der Waals surface area (Å²) in [6.07, 6.45) is 2.13. The minimum atomic E-state index is 0.583. The first kappa shape index (κ1) is 11.0. The Morgan fingerprint density at radius 1 is 1.38 bits per heavy atom. The lowest BCUT2D eigenvalue weighted by molar-refractivity contribution is 0.0497. The predicted molar refractivity (Wildman–Crippen MR) is 60.2 cm³/mol. The zero-order valence-corrected chi connectivity index (χ0v) is 9.19. The molecule has 0 aliphatic carbocycles. The van der Waals surface area contributed by atoms with Crippen LogP contribution >= 0.6 is 0 Å². The van der Waals surface area contributed by atoms with Crippen molar-refractivity contribution >= 4 is 0 Å². The van der Waals surface area contributed by atoms with Gasteiger partial charge in [-0.3, -0.25) is 0 Å². The van der Waals surface area contributed by atoms with Gasteiger partial charge in [0.25, 0.3) is 0 Å². The molecule has 0 bridgehead atoms. The van der Waals surface area contributed by atoms with Gasteiger partial charge in [0.2, 0.25) is 0 Å². The van der Waals surface area contributed by atoms with E-state index in [0.29, 0.717) is 11.5 Å². The Kier molecular flexibility index (Phi) is 3.79. The Hall–Kier alpha value is -1.53. The van der Waals surface area contributed by atoms with E-state index in [-0.39, 0.29) is 0 Å². The molecule has 1 aromatic carbocycles. The zero-order valence-electron chi connectivity index (χ0n) is 9.19. The number of ether oxygens (including phenoxy) is 2. The van der Waals surface area contributed by atoms with Crippen LogP contribution in [0.15, 0.2) is 24.3 Å². The quantitative estimate of drug-likeness (QED) is 0.780. The molecule has 0 spiro atoms. The van der Waals surface area contributed by atoms with Crippen LogP contribution in [0.5, 0.6) is 5.75 Å². The largest absolute Gasteiger partial charge is 0.493 e. The lowest BCUT2D eigenvalue weighted by Gasteiger charge is -2.22. The van der Waals surface area contributed by atoms with Crippen LogP contribution in [-0.4, -0.2) is 19.8 Å². The summed E-state index contributed by atoms with van der Waals surface area (Å²) in [7, 11) is 0.